The second-order valence-corrected chi connectivity index (χ2v) is 7.14. The number of aryl methyl sites for hydroxylation is 1. The van der Waals surface area contributed by atoms with Gasteiger partial charge in [-0.1, -0.05) is 56.2 Å². The Kier molecular flexibility index (Phi) is 7.39. The van der Waals surface area contributed by atoms with Gasteiger partial charge in [0.15, 0.2) is 23.1 Å². The normalized spacial score (nSPS) is 10.8. The predicted molar refractivity (Wildman–Crippen MR) is 112 cm³/mol. The molecule has 3 aromatic carbocycles. The van der Waals surface area contributed by atoms with Crippen molar-refractivity contribution in [3.63, 3.8) is 0 Å². The van der Waals surface area contributed by atoms with Crippen LogP contribution in [0.5, 0.6) is 11.5 Å². The van der Waals surface area contributed by atoms with Gasteiger partial charge in [0.1, 0.15) is 6.61 Å². The average Bonchev–Trinajstić information content (AvgIpc) is 2.76. The van der Waals surface area contributed by atoms with Crippen LogP contribution in [0.15, 0.2) is 54.6 Å². The van der Waals surface area contributed by atoms with Gasteiger partial charge in [-0.05, 0) is 53.3 Å². The standard InChI is InChI=1S/C25H25F3O2/c1-3-4-5-6-19-11-14-23(25(28)24(19)27)30-16-17-7-9-18(10-8-17)20-12-13-22(29-2)21(26)15-20/h7-15H,3-6,16H2,1-2H3. The van der Waals surface area contributed by atoms with Crippen molar-refractivity contribution in [2.75, 3.05) is 7.11 Å². The van der Waals surface area contributed by atoms with Gasteiger partial charge in [-0.25, -0.2) is 8.78 Å². The zero-order valence-electron chi connectivity index (χ0n) is 17.2. The molecule has 0 spiro atoms. The second kappa shape index (κ2) is 10.2. The van der Waals surface area contributed by atoms with Crippen molar-refractivity contribution >= 4 is 0 Å². The van der Waals surface area contributed by atoms with E-state index >= 15 is 0 Å². The lowest BCUT2D eigenvalue weighted by atomic mass is 10.0. The molecule has 0 amide bonds. The van der Waals surface area contributed by atoms with E-state index in [0.717, 1.165) is 30.4 Å². The third-order valence-corrected chi connectivity index (χ3v) is 5.01. The summed E-state index contributed by atoms with van der Waals surface area (Å²) < 4.78 is 52.9. The molecule has 0 aliphatic heterocycles. The Morgan fingerprint density at radius 2 is 1.47 bits per heavy atom. The highest BCUT2D eigenvalue weighted by atomic mass is 19.2. The topological polar surface area (TPSA) is 18.5 Å². The molecule has 0 atom stereocenters. The maximum Gasteiger partial charge on any atom is 0.200 e. The molecule has 0 N–H and O–H groups in total. The average molecular weight is 414 g/mol. The molecule has 3 aromatic rings. The summed E-state index contributed by atoms with van der Waals surface area (Å²) in [5.74, 6) is -2.13. The summed E-state index contributed by atoms with van der Waals surface area (Å²) in [6.45, 7) is 2.17. The molecule has 0 saturated carbocycles. The van der Waals surface area contributed by atoms with Crippen molar-refractivity contribution in [2.24, 2.45) is 0 Å². The number of methoxy groups -OCH3 is 1. The molecule has 5 heteroatoms. The van der Waals surface area contributed by atoms with Crippen LogP contribution in [0.2, 0.25) is 0 Å². The zero-order chi connectivity index (χ0) is 21.5. The fourth-order valence-electron chi connectivity index (χ4n) is 3.24. The van der Waals surface area contributed by atoms with Crippen LogP contribution in [0.1, 0.15) is 37.3 Å². The highest BCUT2D eigenvalue weighted by Crippen LogP contribution is 2.27. The van der Waals surface area contributed by atoms with E-state index in [4.69, 9.17) is 9.47 Å². The number of hydrogen-bond acceptors (Lipinski definition) is 2. The van der Waals surface area contributed by atoms with Gasteiger partial charge in [0, 0.05) is 0 Å². The number of rotatable bonds is 9. The number of unbranched alkanes of at least 4 members (excludes halogenated alkanes) is 2. The Morgan fingerprint density at radius 3 is 2.13 bits per heavy atom. The third kappa shape index (κ3) is 5.15. The van der Waals surface area contributed by atoms with E-state index < -0.39 is 17.5 Å². The van der Waals surface area contributed by atoms with Gasteiger partial charge in [0.25, 0.3) is 0 Å². The maximum atomic E-state index is 14.3. The first-order valence-corrected chi connectivity index (χ1v) is 10.1. The van der Waals surface area contributed by atoms with Gasteiger partial charge in [-0.2, -0.15) is 4.39 Å². The molecule has 3 rings (SSSR count). The van der Waals surface area contributed by atoms with Crippen LogP contribution in [0.4, 0.5) is 13.2 Å². The van der Waals surface area contributed by atoms with Crippen molar-refractivity contribution in [1.29, 1.82) is 0 Å². The Morgan fingerprint density at radius 1 is 0.767 bits per heavy atom. The Hall–Kier alpha value is -2.95. The summed E-state index contributed by atoms with van der Waals surface area (Å²) >= 11 is 0. The van der Waals surface area contributed by atoms with Crippen molar-refractivity contribution in [3.05, 3.63) is 83.2 Å². The summed E-state index contributed by atoms with van der Waals surface area (Å²) in [5.41, 5.74) is 2.71. The molecule has 0 bridgehead atoms. The van der Waals surface area contributed by atoms with E-state index in [9.17, 15) is 13.2 Å². The second-order valence-electron chi connectivity index (χ2n) is 7.14. The molecule has 2 nitrogen and oxygen atoms in total. The van der Waals surface area contributed by atoms with E-state index in [1.807, 2.05) is 24.3 Å². The van der Waals surface area contributed by atoms with Crippen LogP contribution in [-0.4, -0.2) is 7.11 Å². The number of ether oxygens (including phenoxy) is 2. The van der Waals surface area contributed by atoms with Crippen LogP contribution < -0.4 is 9.47 Å². The molecule has 0 saturated heterocycles. The molecular weight excluding hydrogens is 389 g/mol. The Bertz CT molecular complexity index is 984. The monoisotopic (exact) mass is 414 g/mol. The number of benzene rings is 3. The third-order valence-electron chi connectivity index (χ3n) is 5.01. The minimum Gasteiger partial charge on any atom is -0.494 e. The molecule has 30 heavy (non-hydrogen) atoms. The molecule has 0 aromatic heterocycles. The van der Waals surface area contributed by atoms with Crippen molar-refractivity contribution in [1.82, 2.24) is 0 Å². The first-order chi connectivity index (χ1) is 14.5. The van der Waals surface area contributed by atoms with Gasteiger partial charge in [-0.15, -0.1) is 0 Å². The van der Waals surface area contributed by atoms with Crippen LogP contribution in [0, 0.1) is 17.5 Å². The van der Waals surface area contributed by atoms with Crippen LogP contribution in [0.25, 0.3) is 11.1 Å². The van der Waals surface area contributed by atoms with E-state index in [1.54, 1.807) is 18.2 Å². The van der Waals surface area contributed by atoms with Crippen LogP contribution >= 0.6 is 0 Å². The fourth-order valence-corrected chi connectivity index (χ4v) is 3.24. The SMILES string of the molecule is CCCCCc1ccc(OCc2ccc(-c3ccc(OC)c(F)c3)cc2)c(F)c1F. The van der Waals surface area contributed by atoms with Crippen molar-refractivity contribution in [3.8, 4) is 22.6 Å². The molecule has 0 fully saturated rings. The summed E-state index contributed by atoms with van der Waals surface area (Å²) in [7, 11) is 1.42. The first kappa shape index (κ1) is 21.8. The lowest BCUT2D eigenvalue weighted by molar-refractivity contribution is 0.284. The van der Waals surface area contributed by atoms with E-state index in [1.165, 1.54) is 19.2 Å². The molecule has 0 unspecified atom stereocenters. The first-order valence-electron chi connectivity index (χ1n) is 10.1. The van der Waals surface area contributed by atoms with Gasteiger partial charge >= 0.3 is 0 Å². The van der Waals surface area contributed by atoms with E-state index in [0.29, 0.717) is 17.5 Å². The largest absolute Gasteiger partial charge is 0.494 e. The molecule has 158 valence electrons. The highest BCUT2D eigenvalue weighted by molar-refractivity contribution is 5.64. The van der Waals surface area contributed by atoms with Gasteiger partial charge in [0.2, 0.25) is 5.82 Å². The lowest BCUT2D eigenvalue weighted by Gasteiger charge is -2.11. The highest BCUT2D eigenvalue weighted by Gasteiger charge is 2.14. The summed E-state index contributed by atoms with van der Waals surface area (Å²) in [4.78, 5) is 0. The molecule has 0 aliphatic rings. The Labute approximate surface area is 175 Å². The molecular formula is C25H25F3O2. The zero-order valence-corrected chi connectivity index (χ0v) is 17.2. The molecule has 0 heterocycles. The van der Waals surface area contributed by atoms with E-state index in [-0.39, 0.29) is 18.1 Å². The quantitative estimate of drug-likeness (QED) is 0.348. The number of halogens is 3. The minimum atomic E-state index is -0.950. The van der Waals surface area contributed by atoms with Crippen LogP contribution in [0.3, 0.4) is 0 Å². The minimum absolute atomic E-state index is 0.1000. The predicted octanol–water partition coefficient (Wildman–Crippen LogP) is 7.09. The maximum absolute atomic E-state index is 14.3. The summed E-state index contributed by atoms with van der Waals surface area (Å²) in [6, 6.07) is 15.1. The van der Waals surface area contributed by atoms with Crippen molar-refractivity contribution < 1.29 is 22.6 Å². The smallest absolute Gasteiger partial charge is 0.200 e. The molecule has 0 aliphatic carbocycles. The summed E-state index contributed by atoms with van der Waals surface area (Å²) in [6.07, 6.45) is 3.36. The van der Waals surface area contributed by atoms with Gasteiger partial charge < -0.3 is 9.47 Å². The fraction of sp³-hybridized carbons (Fsp3) is 0.280. The summed E-state index contributed by atoms with van der Waals surface area (Å²) in [5, 5.41) is 0. The molecule has 0 radical (unpaired) electrons. The Balaban J connectivity index is 1.65. The van der Waals surface area contributed by atoms with Crippen molar-refractivity contribution in [2.45, 2.75) is 39.2 Å². The van der Waals surface area contributed by atoms with Crippen LogP contribution in [-0.2, 0) is 13.0 Å². The lowest BCUT2D eigenvalue weighted by Crippen LogP contribution is -2.02. The van der Waals surface area contributed by atoms with E-state index in [2.05, 4.69) is 6.92 Å². The number of hydrogen-bond donors (Lipinski definition) is 0. The van der Waals surface area contributed by atoms with Gasteiger partial charge in [0.05, 0.1) is 7.11 Å². The van der Waals surface area contributed by atoms with Gasteiger partial charge in [-0.3, -0.25) is 0 Å².